The molecule has 0 unspecified atom stereocenters. The van der Waals surface area contributed by atoms with Crippen LogP contribution < -0.4 is 19.7 Å². The van der Waals surface area contributed by atoms with Gasteiger partial charge in [0.25, 0.3) is 11.8 Å². The van der Waals surface area contributed by atoms with E-state index in [9.17, 15) is 9.59 Å². The van der Waals surface area contributed by atoms with Gasteiger partial charge in [-0.1, -0.05) is 35.9 Å². The fraction of sp³-hybridized carbons (Fsp3) is 0.214. The van der Waals surface area contributed by atoms with Gasteiger partial charge in [0.15, 0.2) is 0 Å². The van der Waals surface area contributed by atoms with E-state index >= 15 is 0 Å². The number of amides is 2. The maximum Gasteiger partial charge on any atom is 0.282 e. The van der Waals surface area contributed by atoms with Gasteiger partial charge >= 0.3 is 0 Å². The van der Waals surface area contributed by atoms with Crippen molar-refractivity contribution in [2.75, 3.05) is 23.4 Å². The van der Waals surface area contributed by atoms with E-state index in [0.717, 1.165) is 11.1 Å². The smallest absolute Gasteiger partial charge is 0.282 e. The van der Waals surface area contributed by atoms with Crippen molar-refractivity contribution in [2.45, 2.75) is 27.7 Å². The standard InChI is InChI=1S/C28H28N2O4/c1-5-33-21-14-12-20(13-15-21)30-27(31)25(22-16-11-18(3)17-19(22)4)26(28(30)32)29-23-9-7-8-10-24(23)34-6-2/h7-17,29H,5-6H2,1-4H3. The number of anilines is 2. The lowest BCUT2D eigenvalue weighted by atomic mass is 9.97. The van der Waals surface area contributed by atoms with Crippen LogP contribution in [0.2, 0.25) is 0 Å². The van der Waals surface area contributed by atoms with Crippen LogP contribution in [0.1, 0.15) is 30.5 Å². The second-order valence-electron chi connectivity index (χ2n) is 8.00. The fourth-order valence-corrected chi connectivity index (χ4v) is 4.07. The van der Waals surface area contributed by atoms with Crippen LogP contribution in [-0.2, 0) is 9.59 Å². The molecule has 1 heterocycles. The zero-order valence-electron chi connectivity index (χ0n) is 19.8. The third-order valence-corrected chi connectivity index (χ3v) is 5.59. The van der Waals surface area contributed by atoms with E-state index in [1.54, 1.807) is 24.3 Å². The molecule has 0 atom stereocenters. The van der Waals surface area contributed by atoms with E-state index in [2.05, 4.69) is 5.32 Å². The molecule has 34 heavy (non-hydrogen) atoms. The Morgan fingerprint density at radius 2 is 1.53 bits per heavy atom. The van der Waals surface area contributed by atoms with Crippen LogP contribution in [0.3, 0.4) is 0 Å². The third-order valence-electron chi connectivity index (χ3n) is 5.59. The maximum atomic E-state index is 13.7. The SMILES string of the molecule is CCOc1ccc(N2C(=O)C(Nc3ccccc3OCC)=C(c3ccc(C)cc3C)C2=O)cc1. The Labute approximate surface area is 199 Å². The van der Waals surface area contributed by atoms with E-state index in [-0.39, 0.29) is 11.6 Å². The summed E-state index contributed by atoms with van der Waals surface area (Å²) in [4.78, 5) is 28.6. The Kier molecular flexibility index (Phi) is 6.68. The third kappa shape index (κ3) is 4.39. The van der Waals surface area contributed by atoms with E-state index in [1.807, 2.05) is 70.2 Å². The Balaban J connectivity index is 1.81. The van der Waals surface area contributed by atoms with Crippen molar-refractivity contribution in [3.63, 3.8) is 0 Å². The highest BCUT2D eigenvalue weighted by Gasteiger charge is 2.41. The highest BCUT2D eigenvalue weighted by Crippen LogP contribution is 2.37. The predicted octanol–water partition coefficient (Wildman–Crippen LogP) is 5.50. The van der Waals surface area contributed by atoms with Crippen LogP contribution in [0.15, 0.2) is 72.4 Å². The number of rotatable bonds is 8. The Morgan fingerprint density at radius 3 is 2.21 bits per heavy atom. The van der Waals surface area contributed by atoms with Gasteiger partial charge in [-0.15, -0.1) is 0 Å². The molecule has 1 N–H and O–H groups in total. The first kappa shape index (κ1) is 23.1. The molecule has 0 aromatic heterocycles. The minimum absolute atomic E-state index is 0.220. The number of nitrogens with zero attached hydrogens (tertiary/aromatic N) is 1. The van der Waals surface area contributed by atoms with Crippen LogP contribution in [0.25, 0.3) is 5.57 Å². The molecule has 0 saturated heterocycles. The average Bonchev–Trinajstić information content (AvgIpc) is 3.05. The molecule has 0 bridgehead atoms. The van der Waals surface area contributed by atoms with Crippen LogP contribution in [0.5, 0.6) is 11.5 Å². The van der Waals surface area contributed by atoms with Gasteiger partial charge in [-0.2, -0.15) is 0 Å². The Morgan fingerprint density at radius 1 is 0.824 bits per heavy atom. The lowest BCUT2D eigenvalue weighted by molar-refractivity contribution is -0.120. The molecule has 3 aromatic carbocycles. The fourth-order valence-electron chi connectivity index (χ4n) is 4.07. The quantitative estimate of drug-likeness (QED) is 0.454. The first-order valence-electron chi connectivity index (χ1n) is 11.4. The number of nitrogens with one attached hydrogen (secondary N) is 1. The van der Waals surface area contributed by atoms with Crippen molar-refractivity contribution >= 4 is 28.8 Å². The molecule has 0 fully saturated rings. The van der Waals surface area contributed by atoms with Gasteiger partial charge in [0.2, 0.25) is 0 Å². The van der Waals surface area contributed by atoms with Gasteiger partial charge in [0.1, 0.15) is 17.2 Å². The second-order valence-corrected chi connectivity index (χ2v) is 8.00. The van der Waals surface area contributed by atoms with Crippen molar-refractivity contribution in [1.29, 1.82) is 0 Å². The molecule has 174 valence electrons. The molecule has 1 aliphatic rings. The van der Waals surface area contributed by atoms with Crippen molar-refractivity contribution in [1.82, 2.24) is 0 Å². The number of para-hydroxylation sites is 2. The van der Waals surface area contributed by atoms with Crippen LogP contribution in [-0.4, -0.2) is 25.0 Å². The van der Waals surface area contributed by atoms with E-state index in [0.29, 0.717) is 47.2 Å². The highest BCUT2D eigenvalue weighted by molar-refractivity contribution is 6.46. The molecule has 6 nitrogen and oxygen atoms in total. The van der Waals surface area contributed by atoms with Gasteiger partial charge in [0, 0.05) is 0 Å². The van der Waals surface area contributed by atoms with E-state index in [1.165, 1.54) is 4.90 Å². The molecule has 0 radical (unpaired) electrons. The number of carbonyl (C=O) groups excluding carboxylic acids is 2. The Hall–Kier alpha value is -4.06. The first-order chi connectivity index (χ1) is 16.4. The van der Waals surface area contributed by atoms with Crippen molar-refractivity contribution in [3.05, 3.63) is 89.1 Å². The number of carbonyl (C=O) groups is 2. The summed E-state index contributed by atoms with van der Waals surface area (Å²) in [7, 11) is 0. The lowest BCUT2D eigenvalue weighted by Gasteiger charge is -2.16. The molecule has 0 aliphatic carbocycles. The number of aryl methyl sites for hydroxylation is 2. The maximum absolute atomic E-state index is 13.7. The zero-order chi connectivity index (χ0) is 24.2. The summed E-state index contributed by atoms with van der Waals surface area (Å²) < 4.78 is 11.2. The van der Waals surface area contributed by atoms with Crippen LogP contribution in [0.4, 0.5) is 11.4 Å². The predicted molar refractivity (Wildman–Crippen MR) is 134 cm³/mol. The molecule has 4 rings (SSSR count). The molecule has 3 aromatic rings. The average molecular weight is 457 g/mol. The monoisotopic (exact) mass is 456 g/mol. The number of imide groups is 1. The van der Waals surface area contributed by atoms with Gasteiger partial charge in [0.05, 0.1) is 30.2 Å². The van der Waals surface area contributed by atoms with Gasteiger partial charge < -0.3 is 14.8 Å². The first-order valence-corrected chi connectivity index (χ1v) is 11.4. The topological polar surface area (TPSA) is 67.9 Å². The van der Waals surface area contributed by atoms with Crippen molar-refractivity contribution in [2.24, 2.45) is 0 Å². The molecule has 0 saturated carbocycles. The summed E-state index contributed by atoms with van der Waals surface area (Å²) in [6.07, 6.45) is 0. The highest BCUT2D eigenvalue weighted by atomic mass is 16.5. The number of ether oxygens (including phenoxy) is 2. The van der Waals surface area contributed by atoms with Crippen molar-refractivity contribution < 1.29 is 19.1 Å². The number of benzene rings is 3. The largest absolute Gasteiger partial charge is 0.494 e. The molecular weight excluding hydrogens is 428 g/mol. The van der Waals surface area contributed by atoms with E-state index < -0.39 is 5.91 Å². The molecule has 6 heteroatoms. The normalized spacial score (nSPS) is 13.5. The minimum atomic E-state index is -0.421. The number of hydrogen-bond donors (Lipinski definition) is 1. The van der Waals surface area contributed by atoms with E-state index in [4.69, 9.17) is 9.47 Å². The summed E-state index contributed by atoms with van der Waals surface area (Å²) in [6, 6.07) is 20.2. The summed E-state index contributed by atoms with van der Waals surface area (Å²) in [5, 5.41) is 3.21. The summed E-state index contributed by atoms with van der Waals surface area (Å²) >= 11 is 0. The molecule has 2 amide bonds. The molecule has 0 spiro atoms. The van der Waals surface area contributed by atoms with Crippen LogP contribution in [0, 0.1) is 13.8 Å². The van der Waals surface area contributed by atoms with Gasteiger partial charge in [-0.3, -0.25) is 9.59 Å². The molecule has 1 aliphatic heterocycles. The minimum Gasteiger partial charge on any atom is -0.494 e. The second kappa shape index (κ2) is 9.83. The van der Waals surface area contributed by atoms with Gasteiger partial charge in [-0.25, -0.2) is 4.90 Å². The van der Waals surface area contributed by atoms with Gasteiger partial charge in [-0.05, 0) is 75.2 Å². The zero-order valence-corrected chi connectivity index (χ0v) is 19.8. The number of hydrogen-bond acceptors (Lipinski definition) is 5. The summed E-state index contributed by atoms with van der Waals surface area (Å²) in [5.41, 5.74) is 4.38. The Bertz CT molecular complexity index is 1260. The lowest BCUT2D eigenvalue weighted by Crippen LogP contribution is -2.32. The molecular formula is C28H28N2O4. The van der Waals surface area contributed by atoms with Crippen molar-refractivity contribution in [3.8, 4) is 11.5 Å². The van der Waals surface area contributed by atoms with Crippen LogP contribution >= 0.6 is 0 Å². The summed E-state index contributed by atoms with van der Waals surface area (Å²) in [5.74, 6) is 0.488. The summed E-state index contributed by atoms with van der Waals surface area (Å²) in [6.45, 7) is 8.75.